The van der Waals surface area contributed by atoms with E-state index >= 15 is 0 Å². The Morgan fingerprint density at radius 3 is 2.82 bits per heavy atom. The fraction of sp³-hybridized carbons (Fsp3) is 0.471. The minimum Gasteiger partial charge on any atom is -0.363 e. The van der Waals surface area contributed by atoms with E-state index in [2.05, 4.69) is 33.6 Å². The number of hydrogen-bond donors (Lipinski definition) is 2. The predicted molar refractivity (Wildman–Crippen MR) is 86.7 cm³/mol. The number of hydrogen-bond acceptors (Lipinski definition) is 5. The topological polar surface area (TPSA) is 62.7 Å². The quantitative estimate of drug-likeness (QED) is 0.844. The summed E-state index contributed by atoms with van der Waals surface area (Å²) in [5.41, 5.74) is 3.46. The van der Waals surface area contributed by atoms with E-state index in [0.29, 0.717) is 5.92 Å². The smallest absolute Gasteiger partial charge is 0.160 e. The maximum atomic E-state index is 4.82. The lowest BCUT2D eigenvalue weighted by Gasteiger charge is -2.39. The van der Waals surface area contributed by atoms with Gasteiger partial charge in [0.1, 0.15) is 5.82 Å². The monoisotopic (exact) mass is 295 g/mol. The predicted octanol–water partition coefficient (Wildman–Crippen LogP) is 2.18. The number of pyridine rings is 1. The van der Waals surface area contributed by atoms with Crippen molar-refractivity contribution in [3.8, 4) is 11.4 Å². The Bertz CT molecular complexity index is 700. The van der Waals surface area contributed by atoms with E-state index in [4.69, 9.17) is 4.98 Å². The third kappa shape index (κ3) is 2.08. The van der Waals surface area contributed by atoms with Crippen LogP contribution in [0.1, 0.15) is 24.6 Å². The molecule has 114 valence electrons. The van der Waals surface area contributed by atoms with Gasteiger partial charge in [0.25, 0.3) is 0 Å². The summed E-state index contributed by atoms with van der Waals surface area (Å²) in [4.78, 5) is 13.5. The van der Waals surface area contributed by atoms with Gasteiger partial charge in [-0.3, -0.25) is 0 Å². The number of nitrogens with one attached hydrogen (secondary N) is 2. The van der Waals surface area contributed by atoms with Crippen LogP contribution >= 0.6 is 0 Å². The first-order valence-electron chi connectivity index (χ1n) is 7.95. The van der Waals surface area contributed by atoms with Gasteiger partial charge in [0, 0.05) is 31.0 Å². The first-order chi connectivity index (χ1) is 10.7. The van der Waals surface area contributed by atoms with Crippen molar-refractivity contribution < 1.29 is 0 Å². The van der Waals surface area contributed by atoms with Crippen LogP contribution in [0.4, 0.5) is 5.82 Å². The Morgan fingerprint density at radius 1 is 1.27 bits per heavy atom. The van der Waals surface area contributed by atoms with E-state index in [-0.39, 0.29) is 5.54 Å². The molecule has 2 aliphatic rings. The fourth-order valence-corrected chi connectivity index (χ4v) is 3.65. The molecule has 0 saturated carbocycles. The van der Waals surface area contributed by atoms with Crippen LogP contribution < -0.4 is 10.6 Å². The molecule has 0 aliphatic carbocycles. The van der Waals surface area contributed by atoms with E-state index in [1.165, 1.54) is 5.56 Å². The minimum absolute atomic E-state index is 0.164. The van der Waals surface area contributed by atoms with Crippen LogP contribution in [0.25, 0.3) is 11.4 Å². The molecule has 22 heavy (non-hydrogen) atoms. The largest absolute Gasteiger partial charge is 0.363 e. The molecule has 4 heterocycles. The van der Waals surface area contributed by atoms with Crippen molar-refractivity contribution in [1.82, 2.24) is 20.3 Å². The number of rotatable bonds is 1. The SMILES string of the molecule is Cc1nc2c(cc1-c1ncccn1)CCC1(CNC[C@@H]1C)N2. The molecule has 2 aromatic rings. The highest BCUT2D eigenvalue weighted by Crippen LogP contribution is 2.38. The number of anilines is 1. The Balaban J connectivity index is 1.73. The van der Waals surface area contributed by atoms with Crippen LogP contribution in [0.5, 0.6) is 0 Å². The molecule has 1 spiro atoms. The van der Waals surface area contributed by atoms with Gasteiger partial charge in [0.2, 0.25) is 0 Å². The molecule has 1 saturated heterocycles. The first kappa shape index (κ1) is 13.6. The second kappa shape index (κ2) is 5.02. The molecule has 1 unspecified atom stereocenters. The molecule has 0 amide bonds. The fourth-order valence-electron chi connectivity index (χ4n) is 3.65. The summed E-state index contributed by atoms with van der Waals surface area (Å²) in [7, 11) is 0. The van der Waals surface area contributed by atoms with Crippen molar-refractivity contribution in [2.45, 2.75) is 32.2 Å². The average Bonchev–Trinajstić information content (AvgIpc) is 2.88. The summed E-state index contributed by atoms with van der Waals surface area (Å²) in [6.45, 7) is 6.46. The summed E-state index contributed by atoms with van der Waals surface area (Å²) >= 11 is 0. The Hall–Kier alpha value is -2.01. The maximum absolute atomic E-state index is 4.82. The highest BCUT2D eigenvalue weighted by molar-refractivity contribution is 5.64. The molecular formula is C17H21N5. The third-order valence-electron chi connectivity index (χ3n) is 5.14. The summed E-state index contributed by atoms with van der Waals surface area (Å²) in [6, 6.07) is 4.05. The molecule has 0 radical (unpaired) electrons. The van der Waals surface area contributed by atoms with Gasteiger partial charge in [-0.2, -0.15) is 0 Å². The van der Waals surface area contributed by atoms with Crippen LogP contribution in [-0.4, -0.2) is 33.6 Å². The minimum atomic E-state index is 0.164. The highest BCUT2D eigenvalue weighted by Gasteiger charge is 2.42. The lowest BCUT2D eigenvalue weighted by molar-refractivity contribution is 0.364. The summed E-state index contributed by atoms with van der Waals surface area (Å²) < 4.78 is 0. The molecule has 2 aromatic heterocycles. The maximum Gasteiger partial charge on any atom is 0.160 e. The molecule has 2 N–H and O–H groups in total. The van der Waals surface area contributed by atoms with Gasteiger partial charge in [-0.25, -0.2) is 15.0 Å². The van der Waals surface area contributed by atoms with E-state index in [1.807, 2.05) is 13.0 Å². The van der Waals surface area contributed by atoms with Crippen molar-refractivity contribution in [2.75, 3.05) is 18.4 Å². The second-order valence-electron chi connectivity index (χ2n) is 6.51. The number of fused-ring (bicyclic) bond motifs is 1. The van der Waals surface area contributed by atoms with E-state index in [9.17, 15) is 0 Å². The van der Waals surface area contributed by atoms with Crippen LogP contribution in [0, 0.1) is 12.8 Å². The Kier molecular flexibility index (Phi) is 3.11. The van der Waals surface area contributed by atoms with Crippen molar-refractivity contribution in [1.29, 1.82) is 0 Å². The van der Waals surface area contributed by atoms with Crippen LogP contribution in [0.2, 0.25) is 0 Å². The van der Waals surface area contributed by atoms with Gasteiger partial charge in [-0.15, -0.1) is 0 Å². The molecular weight excluding hydrogens is 274 g/mol. The van der Waals surface area contributed by atoms with Gasteiger partial charge in [0.15, 0.2) is 5.82 Å². The average molecular weight is 295 g/mol. The number of aromatic nitrogens is 3. The Labute approximate surface area is 130 Å². The third-order valence-corrected chi connectivity index (χ3v) is 5.14. The van der Waals surface area contributed by atoms with E-state index < -0.39 is 0 Å². The Morgan fingerprint density at radius 2 is 2.09 bits per heavy atom. The lowest BCUT2D eigenvalue weighted by Crippen LogP contribution is -2.48. The van der Waals surface area contributed by atoms with Crippen molar-refractivity contribution in [3.05, 3.63) is 35.8 Å². The van der Waals surface area contributed by atoms with Crippen LogP contribution in [0.3, 0.4) is 0 Å². The second-order valence-corrected chi connectivity index (χ2v) is 6.51. The normalized spacial score (nSPS) is 26.7. The lowest BCUT2D eigenvalue weighted by atomic mass is 9.80. The number of nitrogens with zero attached hydrogens (tertiary/aromatic N) is 3. The van der Waals surface area contributed by atoms with Crippen LogP contribution in [-0.2, 0) is 6.42 Å². The molecule has 2 atom stereocenters. The zero-order valence-corrected chi connectivity index (χ0v) is 13.1. The van der Waals surface area contributed by atoms with Crippen molar-refractivity contribution in [2.24, 2.45) is 5.92 Å². The summed E-state index contributed by atoms with van der Waals surface area (Å²) in [5, 5.41) is 7.23. The molecule has 0 aromatic carbocycles. The molecule has 5 nitrogen and oxygen atoms in total. The van der Waals surface area contributed by atoms with E-state index in [0.717, 1.165) is 48.8 Å². The van der Waals surface area contributed by atoms with Crippen molar-refractivity contribution >= 4 is 5.82 Å². The first-order valence-corrected chi connectivity index (χ1v) is 7.95. The summed E-state index contributed by atoms with van der Waals surface area (Å²) in [6.07, 6.45) is 5.76. The van der Waals surface area contributed by atoms with Gasteiger partial charge in [-0.05, 0) is 43.4 Å². The summed E-state index contributed by atoms with van der Waals surface area (Å²) in [5.74, 6) is 2.42. The molecule has 5 heteroatoms. The van der Waals surface area contributed by atoms with Crippen LogP contribution in [0.15, 0.2) is 24.5 Å². The van der Waals surface area contributed by atoms with Gasteiger partial charge < -0.3 is 10.6 Å². The molecule has 1 fully saturated rings. The van der Waals surface area contributed by atoms with Crippen molar-refractivity contribution in [3.63, 3.8) is 0 Å². The van der Waals surface area contributed by atoms with E-state index in [1.54, 1.807) is 12.4 Å². The zero-order valence-electron chi connectivity index (χ0n) is 13.1. The van der Waals surface area contributed by atoms with Gasteiger partial charge >= 0.3 is 0 Å². The molecule has 2 aliphatic heterocycles. The molecule has 0 bridgehead atoms. The van der Waals surface area contributed by atoms with Gasteiger partial charge in [-0.1, -0.05) is 6.92 Å². The highest BCUT2D eigenvalue weighted by atomic mass is 15.1. The van der Waals surface area contributed by atoms with Gasteiger partial charge in [0.05, 0.1) is 11.2 Å². The standard InChI is InChI=1S/C17H21N5/c1-11-9-18-10-17(11)5-4-13-8-14(12(2)21-15(13)22-17)16-19-6-3-7-20-16/h3,6-8,11,18H,4-5,9-10H2,1-2H3,(H,21,22)/t11-,17?/m0/s1. The zero-order chi connectivity index (χ0) is 15.2. The molecule has 4 rings (SSSR count). The number of aryl methyl sites for hydroxylation is 2.